The number of carbonyl (C=O) groups excluding carboxylic acids is 1. The van der Waals surface area contributed by atoms with Gasteiger partial charge in [-0.05, 0) is 68.4 Å². The maximum absolute atomic E-state index is 12.3. The number of aromatic nitrogens is 2. The molecule has 2 atom stereocenters. The Kier molecular flexibility index (Phi) is 7.65. The van der Waals surface area contributed by atoms with Gasteiger partial charge in [-0.25, -0.2) is 4.98 Å². The van der Waals surface area contributed by atoms with E-state index >= 15 is 0 Å². The van der Waals surface area contributed by atoms with Crippen molar-refractivity contribution in [1.29, 1.82) is 5.26 Å². The molecule has 2 aromatic rings. The quantitative estimate of drug-likeness (QED) is 0.484. The molecule has 0 unspecified atom stereocenters. The minimum atomic E-state index is -0.347. The molecule has 3 heterocycles. The molecule has 2 bridgehead atoms. The molecule has 0 radical (unpaired) electrons. The third-order valence-electron chi connectivity index (χ3n) is 7.72. The molecule has 36 heavy (non-hydrogen) atoms. The van der Waals surface area contributed by atoms with E-state index in [-0.39, 0.29) is 41.8 Å². The van der Waals surface area contributed by atoms with Crippen molar-refractivity contribution in [2.24, 2.45) is 5.41 Å². The van der Waals surface area contributed by atoms with Crippen molar-refractivity contribution >= 4 is 17.2 Å². The fourth-order valence-electron chi connectivity index (χ4n) is 5.35. The largest absolute Gasteiger partial charge is 0.393 e. The number of nitrogens with zero attached hydrogens (tertiary/aromatic N) is 2. The van der Waals surface area contributed by atoms with Crippen LogP contribution in [-0.4, -0.2) is 50.5 Å². The molecule has 192 valence electrons. The van der Waals surface area contributed by atoms with Crippen molar-refractivity contribution in [2.45, 2.75) is 76.4 Å². The summed E-state index contributed by atoms with van der Waals surface area (Å²) in [6, 6.07) is 9.73. The van der Waals surface area contributed by atoms with Gasteiger partial charge in [0.05, 0.1) is 30.6 Å². The lowest BCUT2D eigenvalue weighted by Crippen LogP contribution is -2.44. The number of nitrogens with one attached hydrogen (secondary N) is 2. The van der Waals surface area contributed by atoms with Crippen LogP contribution < -0.4 is 5.32 Å². The first-order valence-electron chi connectivity index (χ1n) is 12.7. The Labute approximate surface area is 212 Å². The smallest absolute Gasteiger partial charge is 0.291 e. The number of nitriles is 1. The summed E-state index contributed by atoms with van der Waals surface area (Å²) >= 11 is 0. The molecule has 0 saturated carbocycles. The van der Waals surface area contributed by atoms with Crippen LogP contribution in [0.2, 0.25) is 0 Å². The van der Waals surface area contributed by atoms with Gasteiger partial charge in [0, 0.05) is 11.3 Å². The molecule has 0 spiro atoms. The van der Waals surface area contributed by atoms with Crippen molar-refractivity contribution in [3.05, 3.63) is 53.6 Å². The average molecular weight is 493 g/mol. The number of aromatic amines is 1. The molecule has 2 aliphatic heterocycles. The van der Waals surface area contributed by atoms with E-state index in [1.807, 2.05) is 30.3 Å². The van der Waals surface area contributed by atoms with Gasteiger partial charge in [0.2, 0.25) is 0 Å². The van der Waals surface area contributed by atoms with Gasteiger partial charge in [-0.1, -0.05) is 38.1 Å². The summed E-state index contributed by atoms with van der Waals surface area (Å²) in [5.41, 5.74) is 3.08. The maximum Gasteiger partial charge on any atom is 0.291 e. The van der Waals surface area contributed by atoms with Crippen LogP contribution in [0.1, 0.15) is 87.1 Å². The molecule has 8 heteroatoms. The number of fused-ring (bicyclic) bond motifs is 2. The van der Waals surface area contributed by atoms with Crippen molar-refractivity contribution in [3.8, 4) is 6.07 Å². The Hall–Kier alpha value is -2.99. The zero-order valence-corrected chi connectivity index (χ0v) is 21.1. The van der Waals surface area contributed by atoms with Crippen LogP contribution in [0.15, 0.2) is 36.5 Å². The highest BCUT2D eigenvalue weighted by Crippen LogP contribution is 2.47. The van der Waals surface area contributed by atoms with Gasteiger partial charge in [-0.2, -0.15) is 5.26 Å². The van der Waals surface area contributed by atoms with Crippen LogP contribution in [0.5, 0.6) is 0 Å². The van der Waals surface area contributed by atoms with E-state index in [4.69, 9.17) is 10.00 Å². The zero-order chi connectivity index (χ0) is 25.8. The topological polar surface area (TPSA) is 131 Å². The van der Waals surface area contributed by atoms with E-state index in [9.17, 15) is 15.0 Å². The summed E-state index contributed by atoms with van der Waals surface area (Å²) in [4.78, 5) is 19.0. The van der Waals surface area contributed by atoms with Crippen LogP contribution in [0, 0.1) is 16.7 Å². The number of carbonyl (C=O) groups is 1. The van der Waals surface area contributed by atoms with Crippen LogP contribution in [0.4, 0.5) is 5.69 Å². The van der Waals surface area contributed by atoms with E-state index in [2.05, 4.69) is 35.2 Å². The minimum Gasteiger partial charge on any atom is -0.393 e. The number of benzene rings is 1. The molecule has 4 N–H and O–H groups in total. The normalized spacial score (nSPS) is 26.2. The number of ether oxygens (including phenoxy) is 1. The standard InChI is InChI=1S/C19H20N4O.C9H16O3/c1-19(2)9-7-13(8-10-19)15-5-3-4-6-16(15)23-18(24)17-21-12-14(11-20)22-17;10-6-8-2-1-3-9(7-11,12-8)5-4-8/h3-7,12H,8-10H2,1-2H3,(H,21,22)(H,23,24);10-11H,1-7H2/t;8-,9+. The van der Waals surface area contributed by atoms with Crippen LogP contribution in [0.3, 0.4) is 0 Å². The minimum absolute atomic E-state index is 0.106. The first-order valence-corrected chi connectivity index (χ1v) is 12.7. The Morgan fingerprint density at radius 2 is 1.83 bits per heavy atom. The summed E-state index contributed by atoms with van der Waals surface area (Å²) in [6.07, 6.45) is 11.6. The molecule has 8 nitrogen and oxygen atoms in total. The van der Waals surface area contributed by atoms with Gasteiger partial charge in [-0.3, -0.25) is 4.79 Å². The third kappa shape index (κ3) is 5.70. The molecule has 1 aromatic heterocycles. The van der Waals surface area contributed by atoms with Crippen LogP contribution >= 0.6 is 0 Å². The third-order valence-corrected chi connectivity index (χ3v) is 7.72. The molecule has 3 aliphatic rings. The Balaban J connectivity index is 0.000000211. The molecular weight excluding hydrogens is 456 g/mol. The number of rotatable bonds is 5. The van der Waals surface area contributed by atoms with Gasteiger partial charge >= 0.3 is 0 Å². The maximum atomic E-state index is 12.3. The number of aliphatic hydroxyl groups is 2. The summed E-state index contributed by atoms with van der Waals surface area (Å²) in [7, 11) is 0. The Bertz CT molecular complexity index is 1150. The molecule has 5 rings (SSSR count). The van der Waals surface area contributed by atoms with Crippen LogP contribution in [-0.2, 0) is 4.74 Å². The summed E-state index contributed by atoms with van der Waals surface area (Å²) in [5.74, 6) is -0.208. The zero-order valence-electron chi connectivity index (χ0n) is 21.1. The van der Waals surface area contributed by atoms with Crippen molar-refractivity contribution < 1.29 is 19.7 Å². The highest BCUT2D eigenvalue weighted by molar-refractivity contribution is 6.03. The second-order valence-corrected chi connectivity index (χ2v) is 11.0. The Morgan fingerprint density at radius 3 is 2.42 bits per heavy atom. The second kappa shape index (κ2) is 10.6. The number of hydrogen-bond acceptors (Lipinski definition) is 6. The van der Waals surface area contributed by atoms with Crippen molar-refractivity contribution in [1.82, 2.24) is 9.97 Å². The lowest BCUT2D eigenvalue weighted by atomic mass is 9.77. The first kappa shape index (κ1) is 26.1. The highest BCUT2D eigenvalue weighted by atomic mass is 16.6. The highest BCUT2D eigenvalue weighted by Gasteiger charge is 2.51. The van der Waals surface area contributed by atoms with Gasteiger partial charge in [0.15, 0.2) is 5.82 Å². The number of imidazole rings is 1. The average Bonchev–Trinajstić information content (AvgIpc) is 3.48. The molecule has 1 amide bonds. The van der Waals surface area contributed by atoms with Crippen molar-refractivity contribution in [2.75, 3.05) is 18.5 Å². The van der Waals surface area contributed by atoms with E-state index in [0.29, 0.717) is 5.41 Å². The second-order valence-electron chi connectivity index (χ2n) is 11.0. The van der Waals surface area contributed by atoms with Crippen molar-refractivity contribution in [3.63, 3.8) is 0 Å². The number of para-hydroxylation sites is 1. The Morgan fingerprint density at radius 1 is 1.14 bits per heavy atom. The molecular formula is C28H36N4O4. The summed E-state index contributed by atoms with van der Waals surface area (Å²) in [6.45, 7) is 4.76. The van der Waals surface area contributed by atoms with Gasteiger partial charge < -0.3 is 25.3 Å². The molecule has 1 aliphatic carbocycles. The van der Waals surface area contributed by atoms with Gasteiger partial charge in [-0.15, -0.1) is 0 Å². The fourth-order valence-corrected chi connectivity index (χ4v) is 5.35. The number of H-pyrrole nitrogens is 1. The number of amides is 1. The van der Waals surface area contributed by atoms with Crippen LogP contribution in [0.25, 0.3) is 5.57 Å². The van der Waals surface area contributed by atoms with E-state index in [0.717, 1.165) is 62.6 Å². The lowest BCUT2D eigenvalue weighted by molar-refractivity contribution is -0.171. The van der Waals surface area contributed by atoms with Gasteiger partial charge in [0.1, 0.15) is 11.8 Å². The summed E-state index contributed by atoms with van der Waals surface area (Å²) < 4.78 is 5.77. The fraction of sp³-hybridized carbons (Fsp3) is 0.536. The number of hydrogen-bond donors (Lipinski definition) is 4. The predicted octanol–water partition coefficient (Wildman–Crippen LogP) is 4.57. The monoisotopic (exact) mass is 492 g/mol. The molecule has 2 fully saturated rings. The lowest BCUT2D eigenvalue weighted by Gasteiger charge is -2.38. The molecule has 1 aromatic carbocycles. The number of allylic oxidation sites excluding steroid dienone is 2. The first-order chi connectivity index (χ1) is 17.2. The molecule has 2 saturated heterocycles. The summed E-state index contributed by atoms with van der Waals surface area (Å²) in [5, 5.41) is 30.1. The van der Waals surface area contributed by atoms with E-state index < -0.39 is 0 Å². The number of anilines is 1. The number of aliphatic hydroxyl groups excluding tert-OH is 2. The van der Waals surface area contributed by atoms with E-state index in [1.54, 1.807) is 0 Å². The van der Waals surface area contributed by atoms with Gasteiger partial charge in [0.25, 0.3) is 5.91 Å². The van der Waals surface area contributed by atoms with E-state index in [1.165, 1.54) is 11.8 Å². The SMILES string of the molecule is CC1(C)CC=C(c2ccccc2NC(=O)c2ncc(C#N)[nH]2)CC1.OC[C@]12CCC[C@](CO)(CC1)O2. The predicted molar refractivity (Wildman–Crippen MR) is 137 cm³/mol.